The Balaban J connectivity index is 2.20. The number of ether oxygens (including phenoxy) is 1. The van der Waals surface area contributed by atoms with Gasteiger partial charge in [-0.25, -0.2) is 9.97 Å². The van der Waals surface area contributed by atoms with E-state index in [0.29, 0.717) is 12.3 Å². The molecule has 0 radical (unpaired) electrons. The number of hydrogen-bond donors (Lipinski definition) is 1. The summed E-state index contributed by atoms with van der Waals surface area (Å²) in [6.45, 7) is 0. The lowest BCUT2D eigenvalue weighted by molar-refractivity contribution is 0.176. The minimum atomic E-state index is -0.607. The number of rotatable bonds is 4. The van der Waals surface area contributed by atoms with Crippen molar-refractivity contribution in [1.29, 1.82) is 0 Å². The Morgan fingerprint density at radius 1 is 1.37 bits per heavy atom. The summed E-state index contributed by atoms with van der Waals surface area (Å²) in [4.78, 5) is 8.09. The van der Waals surface area contributed by atoms with Gasteiger partial charge in [-0.15, -0.1) is 0 Å². The molecule has 2 rings (SSSR count). The first-order valence-electron chi connectivity index (χ1n) is 5.58. The summed E-state index contributed by atoms with van der Waals surface area (Å²) in [5.74, 6) is 0.501. The van der Waals surface area contributed by atoms with Crippen molar-refractivity contribution >= 4 is 38.5 Å². The van der Waals surface area contributed by atoms with Crippen molar-refractivity contribution in [2.24, 2.45) is 0 Å². The van der Waals surface area contributed by atoms with Gasteiger partial charge in [0.2, 0.25) is 5.88 Å². The molecule has 2 aromatic rings. The third kappa shape index (κ3) is 3.87. The zero-order chi connectivity index (χ0) is 13.8. The van der Waals surface area contributed by atoms with E-state index in [0.717, 1.165) is 19.3 Å². The summed E-state index contributed by atoms with van der Waals surface area (Å²) >= 11 is 5.62. The molecule has 1 aromatic heterocycles. The van der Waals surface area contributed by atoms with Gasteiger partial charge in [-0.1, -0.05) is 15.9 Å². The van der Waals surface area contributed by atoms with E-state index in [4.69, 9.17) is 4.74 Å². The van der Waals surface area contributed by atoms with Gasteiger partial charge >= 0.3 is 0 Å². The number of aliphatic hydroxyl groups is 1. The highest BCUT2D eigenvalue weighted by molar-refractivity contribution is 14.1. The highest BCUT2D eigenvalue weighted by Crippen LogP contribution is 2.26. The molecule has 0 saturated carbocycles. The Morgan fingerprint density at radius 2 is 2.16 bits per heavy atom. The van der Waals surface area contributed by atoms with E-state index in [-0.39, 0.29) is 0 Å². The second-order valence-corrected chi connectivity index (χ2v) is 6.02. The lowest BCUT2D eigenvalue weighted by Gasteiger charge is -2.13. The first-order valence-corrected chi connectivity index (χ1v) is 7.45. The molecule has 0 saturated heterocycles. The van der Waals surface area contributed by atoms with Crippen molar-refractivity contribution in [2.75, 3.05) is 7.11 Å². The van der Waals surface area contributed by atoms with E-state index in [1.807, 2.05) is 18.2 Å². The maximum atomic E-state index is 10.3. The molecule has 0 bridgehead atoms. The predicted octanol–water partition coefficient (Wildman–Crippen LogP) is 3.13. The van der Waals surface area contributed by atoms with Gasteiger partial charge in [0.05, 0.1) is 18.9 Å². The average Bonchev–Trinajstić information content (AvgIpc) is 2.41. The first kappa shape index (κ1) is 14.7. The molecule has 0 amide bonds. The van der Waals surface area contributed by atoms with Crippen LogP contribution in [-0.4, -0.2) is 22.2 Å². The van der Waals surface area contributed by atoms with Crippen LogP contribution in [0, 0.1) is 3.57 Å². The highest BCUT2D eigenvalue weighted by atomic mass is 127. The van der Waals surface area contributed by atoms with Gasteiger partial charge in [0, 0.05) is 20.5 Å². The normalized spacial score (nSPS) is 12.2. The van der Waals surface area contributed by atoms with Crippen molar-refractivity contribution < 1.29 is 9.84 Å². The SMILES string of the molecule is COc1cc(CC(O)c2cc(Br)ccc2I)ncn1. The molecule has 0 aliphatic rings. The number of aliphatic hydroxyl groups excluding tert-OH is 1. The van der Waals surface area contributed by atoms with Crippen LogP contribution in [0.1, 0.15) is 17.4 Å². The van der Waals surface area contributed by atoms with Crippen molar-refractivity contribution in [3.05, 3.63) is 49.9 Å². The molecule has 1 N–H and O–H groups in total. The topological polar surface area (TPSA) is 55.2 Å². The molecule has 1 atom stereocenters. The van der Waals surface area contributed by atoms with E-state index in [9.17, 15) is 5.11 Å². The van der Waals surface area contributed by atoms with Gasteiger partial charge in [-0.3, -0.25) is 0 Å². The summed E-state index contributed by atoms with van der Waals surface area (Å²) in [7, 11) is 1.56. The van der Waals surface area contributed by atoms with Crippen molar-refractivity contribution in [3.63, 3.8) is 0 Å². The number of halogens is 2. The maximum absolute atomic E-state index is 10.3. The highest BCUT2D eigenvalue weighted by Gasteiger charge is 2.14. The minimum Gasteiger partial charge on any atom is -0.481 e. The summed E-state index contributed by atoms with van der Waals surface area (Å²) in [6, 6.07) is 7.56. The van der Waals surface area contributed by atoms with Gasteiger partial charge in [0.1, 0.15) is 6.33 Å². The van der Waals surface area contributed by atoms with E-state index >= 15 is 0 Å². The smallest absolute Gasteiger partial charge is 0.216 e. The number of nitrogens with zero attached hydrogens (tertiary/aromatic N) is 2. The molecule has 19 heavy (non-hydrogen) atoms. The van der Waals surface area contributed by atoms with E-state index in [1.54, 1.807) is 13.2 Å². The van der Waals surface area contributed by atoms with E-state index < -0.39 is 6.10 Å². The Labute approximate surface area is 133 Å². The summed E-state index contributed by atoms with van der Waals surface area (Å²) < 4.78 is 7.01. The number of aromatic nitrogens is 2. The molecule has 0 aliphatic heterocycles. The lowest BCUT2D eigenvalue weighted by atomic mass is 10.1. The fourth-order valence-corrected chi connectivity index (χ4v) is 2.75. The van der Waals surface area contributed by atoms with E-state index in [1.165, 1.54) is 6.33 Å². The monoisotopic (exact) mass is 434 g/mol. The molecule has 0 spiro atoms. The van der Waals surface area contributed by atoms with Crippen molar-refractivity contribution in [3.8, 4) is 5.88 Å². The molecule has 1 heterocycles. The van der Waals surface area contributed by atoms with Gasteiger partial charge in [-0.05, 0) is 46.4 Å². The average molecular weight is 435 g/mol. The molecular weight excluding hydrogens is 423 g/mol. The fourth-order valence-electron chi connectivity index (χ4n) is 1.68. The van der Waals surface area contributed by atoms with Gasteiger partial charge < -0.3 is 9.84 Å². The van der Waals surface area contributed by atoms with Crippen LogP contribution in [0.4, 0.5) is 0 Å². The fraction of sp³-hybridized carbons (Fsp3) is 0.231. The van der Waals surface area contributed by atoms with Gasteiger partial charge in [0.25, 0.3) is 0 Å². The Hall–Kier alpha value is -0.730. The van der Waals surface area contributed by atoms with Crippen LogP contribution in [0.2, 0.25) is 0 Å². The van der Waals surface area contributed by atoms with Crippen LogP contribution in [-0.2, 0) is 6.42 Å². The number of hydrogen-bond acceptors (Lipinski definition) is 4. The molecule has 100 valence electrons. The molecule has 1 aromatic carbocycles. The molecule has 1 unspecified atom stereocenters. The molecular formula is C13H12BrIN2O2. The summed E-state index contributed by atoms with van der Waals surface area (Å²) in [5, 5.41) is 10.3. The molecule has 4 nitrogen and oxygen atoms in total. The lowest BCUT2D eigenvalue weighted by Crippen LogP contribution is -2.06. The maximum Gasteiger partial charge on any atom is 0.216 e. The summed E-state index contributed by atoms with van der Waals surface area (Å²) in [5.41, 5.74) is 1.63. The standard InChI is InChI=1S/C13H12BrIN2O2/c1-19-13-6-9(16-7-17-13)5-12(18)10-4-8(14)2-3-11(10)15/h2-4,6-7,12,18H,5H2,1H3. The largest absolute Gasteiger partial charge is 0.481 e. The van der Waals surface area contributed by atoms with Crippen LogP contribution in [0.3, 0.4) is 0 Å². The summed E-state index contributed by atoms with van der Waals surface area (Å²) in [6.07, 6.45) is 1.25. The van der Waals surface area contributed by atoms with Crippen molar-refractivity contribution in [2.45, 2.75) is 12.5 Å². The van der Waals surface area contributed by atoms with Gasteiger partial charge in [-0.2, -0.15) is 0 Å². The third-order valence-electron chi connectivity index (χ3n) is 2.63. The van der Waals surface area contributed by atoms with Crippen molar-refractivity contribution in [1.82, 2.24) is 9.97 Å². The Morgan fingerprint density at radius 3 is 2.89 bits per heavy atom. The van der Waals surface area contributed by atoms with E-state index in [2.05, 4.69) is 48.5 Å². The van der Waals surface area contributed by atoms with Crippen LogP contribution >= 0.6 is 38.5 Å². The van der Waals surface area contributed by atoms with Crippen LogP contribution in [0.5, 0.6) is 5.88 Å². The molecule has 6 heteroatoms. The molecule has 0 aliphatic carbocycles. The zero-order valence-corrected chi connectivity index (χ0v) is 13.9. The zero-order valence-electron chi connectivity index (χ0n) is 10.2. The first-order chi connectivity index (χ1) is 9.10. The second kappa shape index (κ2) is 6.62. The number of benzene rings is 1. The predicted molar refractivity (Wildman–Crippen MR) is 84.1 cm³/mol. The Kier molecular flexibility index (Phi) is 5.12. The van der Waals surface area contributed by atoms with Crippen LogP contribution in [0.25, 0.3) is 0 Å². The van der Waals surface area contributed by atoms with Crippen LogP contribution in [0.15, 0.2) is 35.1 Å². The van der Waals surface area contributed by atoms with Gasteiger partial charge in [0.15, 0.2) is 0 Å². The minimum absolute atomic E-state index is 0.422. The third-order valence-corrected chi connectivity index (χ3v) is 4.10. The second-order valence-electron chi connectivity index (χ2n) is 3.94. The number of methoxy groups -OCH3 is 1. The quantitative estimate of drug-likeness (QED) is 0.751. The Bertz CT molecular complexity index is 580. The van der Waals surface area contributed by atoms with Crippen LogP contribution < -0.4 is 4.74 Å². The molecule has 0 fully saturated rings.